The first-order valence-electron chi connectivity index (χ1n) is 7.71. The monoisotopic (exact) mass is 336 g/mol. The average Bonchev–Trinajstić information content (AvgIpc) is 3.01. The molecule has 1 aliphatic rings. The number of hydrogen-bond donors (Lipinski definition) is 0. The van der Waals surface area contributed by atoms with E-state index in [-0.39, 0.29) is 17.7 Å². The van der Waals surface area contributed by atoms with Crippen molar-refractivity contribution < 1.29 is 18.3 Å². The van der Waals surface area contributed by atoms with Crippen LogP contribution in [-0.2, 0) is 7.05 Å². The molecule has 128 valence electrons. The number of aromatic nitrogens is 3. The Labute approximate surface area is 138 Å². The third-order valence-electron chi connectivity index (χ3n) is 4.10. The fourth-order valence-corrected chi connectivity index (χ4v) is 2.94. The van der Waals surface area contributed by atoms with Gasteiger partial charge in [0.2, 0.25) is 5.88 Å². The van der Waals surface area contributed by atoms with Gasteiger partial charge in [-0.05, 0) is 24.5 Å². The predicted octanol–water partition coefficient (Wildman–Crippen LogP) is 2.44. The first-order chi connectivity index (χ1) is 11.5. The molecular weight excluding hydrogens is 318 g/mol. The largest absolute Gasteiger partial charge is 0.417 e. The molecule has 8 heteroatoms. The maximum Gasteiger partial charge on any atom is 0.388 e. The zero-order valence-corrected chi connectivity index (χ0v) is 13.2. The molecule has 1 amide bonds. The van der Waals surface area contributed by atoms with Crippen molar-refractivity contribution in [2.45, 2.75) is 25.4 Å². The lowest BCUT2D eigenvalue weighted by Crippen LogP contribution is -2.39. The molecule has 1 saturated heterocycles. The molecule has 1 atom stereocenters. The number of carbonyl (C=O) groups excluding carboxylic acids is 1. The molecule has 6 nitrogen and oxygen atoms in total. The number of alkyl halides is 2. The van der Waals surface area contributed by atoms with Gasteiger partial charge in [0.1, 0.15) is 0 Å². The Balaban J connectivity index is 1.67. The molecule has 3 heterocycles. The second-order valence-corrected chi connectivity index (χ2v) is 5.80. The quantitative estimate of drug-likeness (QED) is 0.860. The van der Waals surface area contributed by atoms with E-state index < -0.39 is 6.61 Å². The Morgan fingerprint density at radius 3 is 2.83 bits per heavy atom. The van der Waals surface area contributed by atoms with Crippen molar-refractivity contribution in [3.05, 3.63) is 41.9 Å². The number of halogens is 2. The van der Waals surface area contributed by atoms with Gasteiger partial charge in [-0.15, -0.1) is 0 Å². The maximum absolute atomic E-state index is 12.6. The number of rotatable bonds is 4. The lowest BCUT2D eigenvalue weighted by molar-refractivity contribution is -0.0528. The van der Waals surface area contributed by atoms with Gasteiger partial charge >= 0.3 is 6.61 Å². The number of hydrogen-bond acceptors (Lipinski definition) is 4. The van der Waals surface area contributed by atoms with Crippen LogP contribution in [0.25, 0.3) is 0 Å². The number of likely N-dealkylation sites (tertiary alicyclic amines) is 1. The Kier molecular flexibility index (Phi) is 4.73. The molecule has 0 aliphatic carbocycles. The second kappa shape index (κ2) is 6.94. The van der Waals surface area contributed by atoms with Crippen LogP contribution in [0.4, 0.5) is 8.78 Å². The summed E-state index contributed by atoms with van der Waals surface area (Å²) in [6, 6.07) is 2.74. The molecular formula is C16H18F2N4O2. The predicted molar refractivity (Wildman–Crippen MR) is 82.0 cm³/mol. The van der Waals surface area contributed by atoms with E-state index in [1.54, 1.807) is 9.58 Å². The normalized spacial score (nSPS) is 18.0. The standard InChI is InChI=1S/C16H18F2N4O2/c1-21-9-13(8-20-21)12-3-2-6-22(10-12)15(23)11-4-5-14(19-7-11)24-16(17)18/h4-5,7-9,12,16H,2-3,6,10H2,1H3. The first kappa shape index (κ1) is 16.4. The van der Waals surface area contributed by atoms with Crippen molar-refractivity contribution in [1.82, 2.24) is 19.7 Å². The molecule has 1 unspecified atom stereocenters. The van der Waals surface area contributed by atoms with Crippen LogP contribution in [-0.4, -0.2) is 45.3 Å². The van der Waals surface area contributed by atoms with Gasteiger partial charge in [0.15, 0.2) is 0 Å². The highest BCUT2D eigenvalue weighted by Crippen LogP contribution is 2.27. The molecule has 0 spiro atoms. The van der Waals surface area contributed by atoms with Crippen molar-refractivity contribution in [2.24, 2.45) is 7.05 Å². The minimum atomic E-state index is -2.93. The highest BCUT2D eigenvalue weighted by molar-refractivity contribution is 5.94. The molecule has 0 aromatic carbocycles. The molecule has 24 heavy (non-hydrogen) atoms. The minimum absolute atomic E-state index is 0.153. The van der Waals surface area contributed by atoms with Crippen LogP contribution in [0.2, 0.25) is 0 Å². The van der Waals surface area contributed by atoms with E-state index >= 15 is 0 Å². The van der Waals surface area contributed by atoms with Gasteiger partial charge in [0.05, 0.1) is 11.8 Å². The summed E-state index contributed by atoms with van der Waals surface area (Å²) in [5.74, 6) is -0.0982. The summed E-state index contributed by atoms with van der Waals surface area (Å²) in [6.45, 7) is -1.65. The van der Waals surface area contributed by atoms with Crippen molar-refractivity contribution in [2.75, 3.05) is 13.1 Å². The van der Waals surface area contributed by atoms with Crippen molar-refractivity contribution in [3.8, 4) is 5.88 Å². The van der Waals surface area contributed by atoms with Gasteiger partial charge in [0, 0.05) is 44.5 Å². The number of amides is 1. The van der Waals surface area contributed by atoms with Gasteiger partial charge in [-0.3, -0.25) is 9.48 Å². The van der Waals surface area contributed by atoms with Crippen molar-refractivity contribution in [3.63, 3.8) is 0 Å². The summed E-state index contributed by atoms with van der Waals surface area (Å²) in [5.41, 5.74) is 1.48. The van der Waals surface area contributed by atoms with Crippen molar-refractivity contribution >= 4 is 5.91 Å². The Morgan fingerprint density at radius 2 is 2.21 bits per heavy atom. The Bertz CT molecular complexity index is 702. The highest BCUT2D eigenvalue weighted by atomic mass is 19.3. The number of aryl methyl sites for hydroxylation is 1. The zero-order chi connectivity index (χ0) is 17.1. The SMILES string of the molecule is Cn1cc(C2CCCN(C(=O)c3ccc(OC(F)F)nc3)C2)cn1. The molecule has 0 bridgehead atoms. The maximum atomic E-state index is 12.6. The van der Waals surface area contributed by atoms with Gasteiger partial charge in [0.25, 0.3) is 5.91 Å². The highest BCUT2D eigenvalue weighted by Gasteiger charge is 2.26. The molecule has 1 aliphatic heterocycles. The molecule has 0 radical (unpaired) electrons. The fourth-order valence-electron chi connectivity index (χ4n) is 2.94. The van der Waals surface area contributed by atoms with Crippen LogP contribution >= 0.6 is 0 Å². The molecule has 0 N–H and O–H groups in total. The van der Waals surface area contributed by atoms with Crippen LogP contribution in [0.1, 0.15) is 34.7 Å². The van der Waals surface area contributed by atoms with E-state index in [1.807, 2.05) is 19.4 Å². The minimum Gasteiger partial charge on any atom is -0.417 e. The summed E-state index contributed by atoms with van der Waals surface area (Å²) >= 11 is 0. The number of nitrogens with zero attached hydrogens (tertiary/aromatic N) is 4. The summed E-state index contributed by atoms with van der Waals surface area (Å²) in [7, 11) is 1.87. The third-order valence-corrected chi connectivity index (χ3v) is 4.10. The van der Waals surface area contributed by atoms with Crippen LogP contribution in [0.15, 0.2) is 30.7 Å². The van der Waals surface area contributed by atoms with Crippen LogP contribution in [0, 0.1) is 0 Å². The second-order valence-electron chi connectivity index (χ2n) is 5.80. The molecule has 1 fully saturated rings. The van der Waals surface area contributed by atoms with Gasteiger partial charge in [-0.25, -0.2) is 4.98 Å². The van der Waals surface area contributed by atoms with E-state index in [2.05, 4.69) is 14.8 Å². The number of piperidine rings is 1. The smallest absolute Gasteiger partial charge is 0.388 e. The van der Waals surface area contributed by atoms with E-state index in [1.165, 1.54) is 18.3 Å². The third kappa shape index (κ3) is 3.69. The zero-order valence-electron chi connectivity index (χ0n) is 13.2. The average molecular weight is 336 g/mol. The molecule has 0 saturated carbocycles. The fraction of sp³-hybridized carbons (Fsp3) is 0.438. The summed E-state index contributed by atoms with van der Waals surface area (Å²) in [6.07, 6.45) is 6.99. The lowest BCUT2D eigenvalue weighted by atomic mass is 9.92. The van der Waals surface area contributed by atoms with E-state index in [0.29, 0.717) is 18.7 Å². The topological polar surface area (TPSA) is 60.2 Å². The van der Waals surface area contributed by atoms with Gasteiger partial charge < -0.3 is 9.64 Å². The summed E-state index contributed by atoms with van der Waals surface area (Å²) in [5, 5.41) is 4.18. The molecule has 2 aromatic rings. The summed E-state index contributed by atoms with van der Waals surface area (Å²) in [4.78, 5) is 18.1. The van der Waals surface area contributed by atoms with E-state index in [4.69, 9.17) is 0 Å². The number of pyridine rings is 1. The Hall–Kier alpha value is -2.51. The van der Waals surface area contributed by atoms with Crippen molar-refractivity contribution in [1.29, 1.82) is 0 Å². The van der Waals surface area contributed by atoms with Crippen LogP contribution < -0.4 is 4.74 Å². The Morgan fingerprint density at radius 1 is 1.38 bits per heavy atom. The van der Waals surface area contributed by atoms with Gasteiger partial charge in [-0.2, -0.15) is 13.9 Å². The summed E-state index contributed by atoms with van der Waals surface area (Å²) < 4.78 is 30.2. The number of ether oxygens (including phenoxy) is 1. The lowest BCUT2D eigenvalue weighted by Gasteiger charge is -2.32. The van der Waals surface area contributed by atoms with Crippen LogP contribution in [0.5, 0.6) is 5.88 Å². The van der Waals surface area contributed by atoms with E-state index in [0.717, 1.165) is 18.4 Å². The molecule has 3 rings (SSSR count). The van der Waals surface area contributed by atoms with Gasteiger partial charge in [-0.1, -0.05) is 0 Å². The van der Waals surface area contributed by atoms with Crippen LogP contribution in [0.3, 0.4) is 0 Å². The van der Waals surface area contributed by atoms with E-state index in [9.17, 15) is 13.6 Å². The first-order valence-corrected chi connectivity index (χ1v) is 7.71. The molecule has 2 aromatic heterocycles. The number of carbonyl (C=O) groups is 1.